The van der Waals surface area contributed by atoms with Crippen LogP contribution in [-0.2, 0) is 9.53 Å². The zero-order valence-electron chi connectivity index (χ0n) is 11.0. The molecule has 0 aromatic carbocycles. The summed E-state index contributed by atoms with van der Waals surface area (Å²) in [6.07, 6.45) is 7.04. The average molecular weight is 281 g/mol. The molecule has 1 aromatic rings. The topological polar surface area (TPSA) is 78.1 Å². The van der Waals surface area contributed by atoms with E-state index in [0.29, 0.717) is 0 Å². The van der Waals surface area contributed by atoms with Crippen LogP contribution in [0.4, 0.5) is 0 Å². The van der Waals surface area contributed by atoms with Crippen LogP contribution in [0, 0.1) is 5.92 Å². The number of methoxy groups -OCH3 is 1. The minimum atomic E-state index is -0.799. The molecule has 0 aliphatic heterocycles. The predicted octanol–water partition coefficient (Wildman–Crippen LogP) is 1.63. The van der Waals surface area contributed by atoms with Gasteiger partial charge in [0.25, 0.3) is 0 Å². The van der Waals surface area contributed by atoms with Crippen molar-refractivity contribution in [3.63, 3.8) is 0 Å². The van der Waals surface area contributed by atoms with Gasteiger partial charge in [0, 0.05) is 18.1 Å². The van der Waals surface area contributed by atoms with Gasteiger partial charge in [-0.25, -0.2) is 9.97 Å². The Hall–Kier alpha value is -1.14. The highest BCUT2D eigenvalue weighted by molar-refractivity contribution is 7.99. The van der Waals surface area contributed by atoms with Crippen molar-refractivity contribution in [1.82, 2.24) is 9.97 Å². The van der Waals surface area contributed by atoms with Crippen LogP contribution in [0.3, 0.4) is 0 Å². The SMILES string of the molecule is COC(=O)C1(N)CCCC1CCSc1ncccn1. The molecule has 0 saturated heterocycles. The van der Waals surface area contributed by atoms with E-state index in [1.54, 1.807) is 30.2 Å². The van der Waals surface area contributed by atoms with E-state index in [-0.39, 0.29) is 11.9 Å². The van der Waals surface area contributed by atoms with Crippen LogP contribution in [0.1, 0.15) is 25.7 Å². The lowest BCUT2D eigenvalue weighted by molar-refractivity contribution is -0.148. The van der Waals surface area contributed by atoms with E-state index in [9.17, 15) is 4.79 Å². The first-order valence-electron chi connectivity index (χ1n) is 6.44. The monoisotopic (exact) mass is 281 g/mol. The number of nitrogens with zero attached hydrogens (tertiary/aromatic N) is 2. The fourth-order valence-corrected chi connectivity index (χ4v) is 3.47. The molecular formula is C13H19N3O2S. The Labute approximate surface area is 117 Å². The molecule has 5 nitrogen and oxygen atoms in total. The number of esters is 1. The Morgan fingerprint density at radius 2 is 2.32 bits per heavy atom. The van der Waals surface area contributed by atoms with E-state index >= 15 is 0 Å². The third-order valence-electron chi connectivity index (χ3n) is 3.68. The lowest BCUT2D eigenvalue weighted by Crippen LogP contribution is -2.51. The first kappa shape index (κ1) is 14.3. The van der Waals surface area contributed by atoms with Crippen molar-refractivity contribution in [2.75, 3.05) is 12.9 Å². The normalized spacial score (nSPS) is 26.3. The molecule has 2 rings (SSSR count). The van der Waals surface area contributed by atoms with Crippen molar-refractivity contribution in [2.24, 2.45) is 11.7 Å². The summed E-state index contributed by atoms with van der Waals surface area (Å²) in [6, 6.07) is 1.79. The Bertz CT molecular complexity index is 429. The third-order valence-corrected chi connectivity index (χ3v) is 4.59. The highest BCUT2D eigenvalue weighted by Gasteiger charge is 2.46. The van der Waals surface area contributed by atoms with Gasteiger partial charge in [0.2, 0.25) is 0 Å². The van der Waals surface area contributed by atoms with Crippen LogP contribution in [-0.4, -0.2) is 34.3 Å². The minimum Gasteiger partial charge on any atom is -0.468 e. The van der Waals surface area contributed by atoms with Crippen molar-refractivity contribution in [3.8, 4) is 0 Å². The molecular weight excluding hydrogens is 262 g/mol. The Morgan fingerprint density at radius 3 is 3.00 bits per heavy atom. The zero-order chi connectivity index (χ0) is 13.7. The number of thioether (sulfide) groups is 1. The molecule has 0 spiro atoms. The van der Waals surface area contributed by atoms with Crippen LogP contribution in [0.25, 0.3) is 0 Å². The molecule has 2 unspecified atom stereocenters. The molecule has 1 saturated carbocycles. The van der Waals surface area contributed by atoms with Crippen molar-refractivity contribution >= 4 is 17.7 Å². The molecule has 1 aliphatic carbocycles. The van der Waals surface area contributed by atoms with E-state index in [1.807, 2.05) is 0 Å². The van der Waals surface area contributed by atoms with Gasteiger partial charge in [-0.3, -0.25) is 4.79 Å². The van der Waals surface area contributed by atoms with E-state index in [2.05, 4.69) is 9.97 Å². The molecule has 1 aromatic heterocycles. The van der Waals surface area contributed by atoms with Gasteiger partial charge < -0.3 is 10.5 Å². The van der Waals surface area contributed by atoms with Crippen LogP contribution in [0.5, 0.6) is 0 Å². The van der Waals surface area contributed by atoms with E-state index in [4.69, 9.17) is 10.5 Å². The maximum absolute atomic E-state index is 11.8. The standard InChI is InChI=1S/C13H19N3O2S/c1-18-11(17)13(14)6-2-4-10(13)5-9-19-12-15-7-3-8-16-12/h3,7-8,10H,2,4-6,9,14H2,1H3. The molecule has 1 fully saturated rings. The maximum atomic E-state index is 11.8. The second-order valence-corrected chi connectivity index (χ2v) is 5.85. The van der Waals surface area contributed by atoms with Crippen LogP contribution in [0.2, 0.25) is 0 Å². The van der Waals surface area contributed by atoms with Gasteiger partial charge in [0.1, 0.15) is 5.54 Å². The Morgan fingerprint density at radius 1 is 1.58 bits per heavy atom. The molecule has 0 radical (unpaired) electrons. The summed E-state index contributed by atoms with van der Waals surface area (Å²) in [5, 5.41) is 0.765. The lowest BCUT2D eigenvalue weighted by Gasteiger charge is -2.28. The van der Waals surface area contributed by atoms with Crippen molar-refractivity contribution in [3.05, 3.63) is 18.5 Å². The van der Waals surface area contributed by atoms with Gasteiger partial charge in [0.05, 0.1) is 7.11 Å². The average Bonchev–Trinajstić information content (AvgIpc) is 2.82. The number of rotatable bonds is 5. The molecule has 19 heavy (non-hydrogen) atoms. The second-order valence-electron chi connectivity index (χ2n) is 4.79. The summed E-state index contributed by atoms with van der Waals surface area (Å²) < 4.78 is 4.84. The number of hydrogen-bond donors (Lipinski definition) is 1. The third kappa shape index (κ3) is 3.25. The molecule has 0 bridgehead atoms. The molecule has 6 heteroatoms. The summed E-state index contributed by atoms with van der Waals surface area (Å²) in [4.78, 5) is 20.1. The van der Waals surface area contributed by atoms with Crippen LogP contribution in [0.15, 0.2) is 23.6 Å². The van der Waals surface area contributed by atoms with Gasteiger partial charge in [0.15, 0.2) is 5.16 Å². The van der Waals surface area contributed by atoms with Crippen LogP contribution >= 0.6 is 11.8 Å². The summed E-state index contributed by atoms with van der Waals surface area (Å²) >= 11 is 1.60. The van der Waals surface area contributed by atoms with Gasteiger partial charge in [-0.05, 0) is 31.2 Å². The highest BCUT2D eigenvalue weighted by Crippen LogP contribution is 2.37. The van der Waals surface area contributed by atoms with Gasteiger partial charge in [-0.15, -0.1) is 0 Å². The molecule has 1 aliphatic rings. The zero-order valence-corrected chi connectivity index (χ0v) is 11.9. The van der Waals surface area contributed by atoms with Crippen LogP contribution < -0.4 is 5.73 Å². The molecule has 1 heterocycles. The molecule has 2 atom stereocenters. The number of aromatic nitrogens is 2. The van der Waals surface area contributed by atoms with Gasteiger partial charge in [-0.2, -0.15) is 0 Å². The fraction of sp³-hybridized carbons (Fsp3) is 0.615. The molecule has 104 valence electrons. The highest BCUT2D eigenvalue weighted by atomic mass is 32.2. The first-order valence-corrected chi connectivity index (χ1v) is 7.42. The first-order chi connectivity index (χ1) is 9.16. The Kier molecular flexibility index (Phi) is 4.76. The maximum Gasteiger partial charge on any atom is 0.326 e. The number of carbonyl (C=O) groups excluding carboxylic acids is 1. The minimum absolute atomic E-state index is 0.191. The summed E-state index contributed by atoms with van der Waals surface area (Å²) in [5.41, 5.74) is 5.42. The van der Waals surface area contributed by atoms with Crippen molar-refractivity contribution in [1.29, 1.82) is 0 Å². The smallest absolute Gasteiger partial charge is 0.326 e. The molecule has 2 N–H and O–H groups in total. The summed E-state index contributed by atoms with van der Waals surface area (Å²) in [6.45, 7) is 0. The van der Waals surface area contributed by atoms with Gasteiger partial charge >= 0.3 is 5.97 Å². The number of ether oxygens (including phenoxy) is 1. The van der Waals surface area contributed by atoms with E-state index in [0.717, 1.165) is 36.6 Å². The predicted molar refractivity (Wildman–Crippen MR) is 73.6 cm³/mol. The van der Waals surface area contributed by atoms with E-state index in [1.165, 1.54) is 7.11 Å². The largest absolute Gasteiger partial charge is 0.468 e. The quantitative estimate of drug-likeness (QED) is 0.502. The van der Waals surface area contributed by atoms with Crippen molar-refractivity contribution in [2.45, 2.75) is 36.4 Å². The summed E-state index contributed by atoms with van der Waals surface area (Å²) in [7, 11) is 1.40. The summed E-state index contributed by atoms with van der Waals surface area (Å²) in [5.74, 6) is 0.775. The van der Waals surface area contributed by atoms with Crippen molar-refractivity contribution < 1.29 is 9.53 Å². The van der Waals surface area contributed by atoms with E-state index < -0.39 is 5.54 Å². The van der Waals surface area contributed by atoms with Gasteiger partial charge in [-0.1, -0.05) is 18.2 Å². The fourth-order valence-electron chi connectivity index (χ4n) is 2.62. The lowest BCUT2D eigenvalue weighted by atomic mass is 9.86. The number of hydrogen-bond acceptors (Lipinski definition) is 6. The second kappa shape index (κ2) is 6.34. The Balaban J connectivity index is 1.87. The number of nitrogens with two attached hydrogens (primary N) is 1. The molecule has 0 amide bonds. The number of carbonyl (C=O) groups is 1.